The van der Waals surface area contributed by atoms with Gasteiger partial charge in [-0.2, -0.15) is 0 Å². The first-order valence-corrected chi connectivity index (χ1v) is 9.79. The zero-order valence-corrected chi connectivity index (χ0v) is 15.8. The van der Waals surface area contributed by atoms with Gasteiger partial charge in [-0.05, 0) is 49.2 Å². The zero-order chi connectivity index (χ0) is 19.5. The van der Waals surface area contributed by atoms with Gasteiger partial charge in [-0.25, -0.2) is 9.37 Å². The molecular formula is C21H25FN4O2. The summed E-state index contributed by atoms with van der Waals surface area (Å²) in [7, 11) is 0. The molecule has 0 spiro atoms. The van der Waals surface area contributed by atoms with Crippen LogP contribution in [-0.2, 0) is 0 Å². The van der Waals surface area contributed by atoms with Gasteiger partial charge in [-0.15, -0.1) is 0 Å². The maximum absolute atomic E-state index is 13.1. The number of nitrogens with zero attached hydrogens (tertiary/aromatic N) is 4. The van der Waals surface area contributed by atoms with Crippen LogP contribution in [0.1, 0.15) is 23.3 Å². The summed E-state index contributed by atoms with van der Waals surface area (Å²) in [6, 6.07) is 10.1. The van der Waals surface area contributed by atoms with E-state index in [1.165, 1.54) is 24.4 Å². The second-order valence-electron chi connectivity index (χ2n) is 7.45. The van der Waals surface area contributed by atoms with Gasteiger partial charge in [0, 0.05) is 51.0 Å². The zero-order valence-electron chi connectivity index (χ0n) is 15.8. The van der Waals surface area contributed by atoms with Crippen molar-refractivity contribution in [3.05, 3.63) is 54.1 Å². The van der Waals surface area contributed by atoms with Gasteiger partial charge in [0.05, 0.1) is 6.20 Å². The Kier molecular flexibility index (Phi) is 5.43. The van der Waals surface area contributed by atoms with E-state index in [-0.39, 0.29) is 17.5 Å². The summed E-state index contributed by atoms with van der Waals surface area (Å²) >= 11 is 0. The SMILES string of the molecule is O=C(c1ccc(O)cn1)N1CCCC(N2CCN(c3ccc(F)cc3)CC2)C1. The van der Waals surface area contributed by atoms with Crippen molar-refractivity contribution in [2.24, 2.45) is 0 Å². The molecule has 1 unspecified atom stereocenters. The number of hydrogen-bond donors (Lipinski definition) is 1. The first-order valence-electron chi connectivity index (χ1n) is 9.79. The van der Waals surface area contributed by atoms with Crippen molar-refractivity contribution >= 4 is 11.6 Å². The number of amides is 1. The van der Waals surface area contributed by atoms with E-state index in [1.807, 2.05) is 17.0 Å². The van der Waals surface area contributed by atoms with Crippen LogP contribution in [0.15, 0.2) is 42.6 Å². The van der Waals surface area contributed by atoms with Crippen molar-refractivity contribution < 1.29 is 14.3 Å². The molecule has 2 fully saturated rings. The third-order valence-electron chi connectivity index (χ3n) is 5.67. The van der Waals surface area contributed by atoms with Crippen molar-refractivity contribution in [1.29, 1.82) is 0 Å². The molecule has 148 valence electrons. The quantitative estimate of drug-likeness (QED) is 0.880. The lowest BCUT2D eigenvalue weighted by Crippen LogP contribution is -2.56. The number of carbonyl (C=O) groups excluding carboxylic acids is 1. The van der Waals surface area contributed by atoms with Crippen molar-refractivity contribution in [3.8, 4) is 5.75 Å². The molecule has 1 amide bonds. The Morgan fingerprint density at radius 1 is 1.04 bits per heavy atom. The molecule has 2 aliphatic rings. The van der Waals surface area contributed by atoms with Crippen LogP contribution in [-0.4, -0.2) is 71.1 Å². The monoisotopic (exact) mass is 384 g/mol. The van der Waals surface area contributed by atoms with Crippen LogP contribution >= 0.6 is 0 Å². The number of piperidine rings is 1. The number of benzene rings is 1. The molecule has 0 saturated carbocycles. The summed E-state index contributed by atoms with van der Waals surface area (Å²) in [4.78, 5) is 23.4. The first-order chi connectivity index (χ1) is 13.6. The highest BCUT2D eigenvalue weighted by molar-refractivity contribution is 5.92. The number of aromatic nitrogens is 1. The Bertz CT molecular complexity index is 804. The summed E-state index contributed by atoms with van der Waals surface area (Å²) in [6.07, 6.45) is 3.37. The maximum Gasteiger partial charge on any atom is 0.272 e. The second kappa shape index (κ2) is 8.14. The summed E-state index contributed by atoms with van der Waals surface area (Å²) in [5.74, 6) is -0.223. The number of anilines is 1. The molecule has 0 aliphatic carbocycles. The lowest BCUT2D eigenvalue weighted by atomic mass is 10.0. The molecule has 28 heavy (non-hydrogen) atoms. The Balaban J connectivity index is 1.34. The highest BCUT2D eigenvalue weighted by atomic mass is 19.1. The number of aromatic hydroxyl groups is 1. The molecule has 3 heterocycles. The van der Waals surface area contributed by atoms with E-state index < -0.39 is 0 Å². The smallest absolute Gasteiger partial charge is 0.272 e. The number of likely N-dealkylation sites (tertiary alicyclic amines) is 1. The number of piperazine rings is 1. The largest absolute Gasteiger partial charge is 0.506 e. The Hall–Kier alpha value is -2.67. The van der Waals surface area contributed by atoms with Gasteiger partial charge < -0.3 is 14.9 Å². The fourth-order valence-electron chi connectivity index (χ4n) is 4.11. The van der Waals surface area contributed by atoms with Gasteiger partial charge in [0.1, 0.15) is 17.3 Å². The molecule has 4 rings (SSSR count). The van der Waals surface area contributed by atoms with E-state index >= 15 is 0 Å². The van der Waals surface area contributed by atoms with E-state index in [0.29, 0.717) is 18.3 Å². The Labute approximate surface area is 164 Å². The molecule has 1 N–H and O–H groups in total. The molecule has 2 saturated heterocycles. The number of pyridine rings is 1. The van der Waals surface area contributed by atoms with Crippen LogP contribution in [0.2, 0.25) is 0 Å². The fraction of sp³-hybridized carbons (Fsp3) is 0.429. The average molecular weight is 384 g/mol. The molecule has 2 aliphatic heterocycles. The van der Waals surface area contributed by atoms with Gasteiger partial charge in [-0.1, -0.05) is 0 Å². The van der Waals surface area contributed by atoms with Crippen molar-refractivity contribution in [3.63, 3.8) is 0 Å². The minimum absolute atomic E-state index is 0.0621. The lowest BCUT2D eigenvalue weighted by Gasteiger charge is -2.43. The summed E-state index contributed by atoms with van der Waals surface area (Å²) in [5, 5.41) is 9.36. The Morgan fingerprint density at radius 3 is 2.46 bits per heavy atom. The van der Waals surface area contributed by atoms with E-state index in [9.17, 15) is 14.3 Å². The normalized spacial score (nSPS) is 21.0. The third kappa shape index (κ3) is 4.09. The molecule has 1 aromatic carbocycles. The molecule has 6 nitrogen and oxygen atoms in total. The molecule has 0 radical (unpaired) electrons. The van der Waals surface area contributed by atoms with Crippen molar-refractivity contribution in [2.75, 3.05) is 44.2 Å². The highest BCUT2D eigenvalue weighted by Crippen LogP contribution is 2.22. The standard InChI is InChI=1S/C21H25FN4O2/c22-16-3-5-17(6-4-16)24-10-12-25(13-11-24)18-2-1-9-26(15-18)21(28)20-8-7-19(27)14-23-20/h3-8,14,18,27H,1-2,9-13,15H2. The average Bonchev–Trinajstić information content (AvgIpc) is 2.75. The van der Waals surface area contributed by atoms with Crippen LogP contribution in [0, 0.1) is 5.82 Å². The molecule has 0 bridgehead atoms. The maximum atomic E-state index is 13.1. The number of carbonyl (C=O) groups is 1. The van der Waals surface area contributed by atoms with Crippen LogP contribution in [0.3, 0.4) is 0 Å². The molecule has 1 atom stereocenters. The number of halogens is 1. The third-order valence-corrected chi connectivity index (χ3v) is 5.67. The summed E-state index contributed by atoms with van der Waals surface area (Å²) in [6.45, 7) is 5.11. The molecule has 2 aromatic rings. The highest BCUT2D eigenvalue weighted by Gasteiger charge is 2.30. The molecule has 7 heteroatoms. The number of hydrogen-bond acceptors (Lipinski definition) is 5. The summed E-state index contributed by atoms with van der Waals surface area (Å²) in [5.41, 5.74) is 1.43. The minimum atomic E-state index is -0.211. The predicted octanol–water partition coefficient (Wildman–Crippen LogP) is 2.35. The van der Waals surface area contributed by atoms with Gasteiger partial charge in [0.2, 0.25) is 0 Å². The minimum Gasteiger partial charge on any atom is -0.506 e. The van der Waals surface area contributed by atoms with E-state index in [4.69, 9.17) is 0 Å². The van der Waals surface area contributed by atoms with E-state index in [2.05, 4.69) is 14.8 Å². The van der Waals surface area contributed by atoms with Crippen LogP contribution in [0.25, 0.3) is 0 Å². The molecular weight excluding hydrogens is 359 g/mol. The fourth-order valence-corrected chi connectivity index (χ4v) is 4.11. The van der Waals surface area contributed by atoms with Gasteiger partial charge in [0.15, 0.2) is 0 Å². The van der Waals surface area contributed by atoms with Crippen LogP contribution in [0.5, 0.6) is 5.75 Å². The predicted molar refractivity (Wildman–Crippen MR) is 105 cm³/mol. The van der Waals surface area contributed by atoms with E-state index in [1.54, 1.807) is 6.07 Å². The molecule has 1 aromatic heterocycles. The summed E-state index contributed by atoms with van der Waals surface area (Å²) < 4.78 is 13.1. The van der Waals surface area contributed by atoms with E-state index in [0.717, 1.165) is 51.3 Å². The van der Waals surface area contributed by atoms with Crippen molar-refractivity contribution in [1.82, 2.24) is 14.8 Å². The van der Waals surface area contributed by atoms with Gasteiger partial charge >= 0.3 is 0 Å². The van der Waals surface area contributed by atoms with Crippen LogP contribution < -0.4 is 4.90 Å². The Morgan fingerprint density at radius 2 is 1.79 bits per heavy atom. The van der Waals surface area contributed by atoms with Gasteiger partial charge in [-0.3, -0.25) is 9.69 Å². The lowest BCUT2D eigenvalue weighted by molar-refractivity contribution is 0.0558. The van der Waals surface area contributed by atoms with Crippen LogP contribution in [0.4, 0.5) is 10.1 Å². The second-order valence-corrected chi connectivity index (χ2v) is 7.45. The first kappa shape index (κ1) is 18.7. The van der Waals surface area contributed by atoms with Gasteiger partial charge in [0.25, 0.3) is 5.91 Å². The number of rotatable bonds is 3. The van der Waals surface area contributed by atoms with Crippen molar-refractivity contribution in [2.45, 2.75) is 18.9 Å². The topological polar surface area (TPSA) is 59.9 Å².